The van der Waals surface area contributed by atoms with Gasteiger partial charge in [0.2, 0.25) is 0 Å². The smallest absolute Gasteiger partial charge is 0.119 e. The molecule has 1 atom stereocenters. The van der Waals surface area contributed by atoms with Crippen molar-refractivity contribution in [2.75, 3.05) is 0 Å². The highest BCUT2D eigenvalue weighted by Crippen LogP contribution is 2.37. The number of nitrogens with zero attached hydrogens (tertiary/aromatic N) is 3. The number of hydrogen-bond donors (Lipinski definition) is 2. The summed E-state index contributed by atoms with van der Waals surface area (Å²) < 4.78 is 2.36. The lowest BCUT2D eigenvalue weighted by Crippen LogP contribution is -2.08. The van der Waals surface area contributed by atoms with Crippen LogP contribution in [0.2, 0.25) is 0 Å². The van der Waals surface area contributed by atoms with Gasteiger partial charge in [-0.2, -0.15) is 0 Å². The highest BCUT2D eigenvalue weighted by molar-refractivity contribution is 8.02. The first-order chi connectivity index (χ1) is 20.3. The molecule has 0 aliphatic carbocycles. The molecule has 3 aromatic carbocycles. The zero-order valence-electron chi connectivity index (χ0n) is 22.1. The number of benzene rings is 3. The van der Waals surface area contributed by atoms with E-state index in [0.717, 1.165) is 45.1 Å². The van der Waals surface area contributed by atoms with E-state index in [1.54, 1.807) is 29.7 Å². The first-order valence-electron chi connectivity index (χ1n) is 13.4. The molecule has 0 bridgehead atoms. The van der Waals surface area contributed by atoms with Gasteiger partial charge in [-0.3, -0.25) is 9.97 Å². The van der Waals surface area contributed by atoms with Gasteiger partial charge in [-0.1, -0.05) is 54.6 Å². The van der Waals surface area contributed by atoms with Gasteiger partial charge in [0.15, 0.2) is 0 Å². The van der Waals surface area contributed by atoms with E-state index in [0.29, 0.717) is 0 Å². The molecule has 3 N–H and O–H groups in total. The molecule has 1 unspecified atom stereocenters. The first-order valence-corrected chi connectivity index (χ1v) is 15.4. The molecule has 41 heavy (non-hydrogen) atoms. The predicted octanol–water partition coefficient (Wildman–Crippen LogP) is 8.38. The summed E-state index contributed by atoms with van der Waals surface area (Å²) in [6.07, 6.45) is 7.47. The Hall–Kier alpha value is -4.46. The van der Waals surface area contributed by atoms with Crippen LogP contribution in [-0.4, -0.2) is 14.5 Å². The van der Waals surface area contributed by atoms with E-state index in [1.165, 1.54) is 21.8 Å². The van der Waals surface area contributed by atoms with E-state index in [4.69, 9.17) is 10.7 Å². The molecule has 0 spiro atoms. The predicted molar refractivity (Wildman–Crippen MR) is 174 cm³/mol. The zero-order chi connectivity index (χ0) is 27.6. The lowest BCUT2D eigenvalue weighted by molar-refractivity contribution is 0.828. The van der Waals surface area contributed by atoms with Crippen molar-refractivity contribution in [3.05, 3.63) is 138 Å². The lowest BCUT2D eigenvalue weighted by atomic mass is 10.0. The Kier molecular flexibility index (Phi) is 6.96. The molecule has 1 aliphatic rings. The Morgan fingerprint density at radius 3 is 2.07 bits per heavy atom. The van der Waals surface area contributed by atoms with Crippen LogP contribution < -0.4 is 11.1 Å². The Morgan fingerprint density at radius 1 is 0.805 bits per heavy atom. The molecular formula is C34H27N5S2. The molecule has 3 aromatic heterocycles. The lowest BCUT2D eigenvalue weighted by Gasteiger charge is -2.11. The van der Waals surface area contributed by atoms with Crippen LogP contribution in [0.1, 0.15) is 16.8 Å². The average Bonchev–Trinajstić information content (AvgIpc) is 3.68. The number of hydrogen-bond acceptors (Lipinski definition) is 6. The Bertz CT molecular complexity index is 1880. The average molecular weight is 570 g/mol. The number of nitrogens with two attached hydrogens (primary N) is 1. The van der Waals surface area contributed by atoms with E-state index < -0.39 is 0 Å². The number of thioether (sulfide) groups is 2. The molecule has 5 nitrogen and oxygen atoms in total. The third-order valence-corrected chi connectivity index (χ3v) is 9.02. The minimum absolute atomic E-state index is 0.181. The van der Waals surface area contributed by atoms with Crippen molar-refractivity contribution in [3.63, 3.8) is 0 Å². The van der Waals surface area contributed by atoms with Crippen LogP contribution in [0.4, 0.5) is 0 Å². The van der Waals surface area contributed by atoms with E-state index in [-0.39, 0.29) is 5.37 Å². The molecule has 0 saturated heterocycles. The normalized spacial score (nSPS) is 14.8. The van der Waals surface area contributed by atoms with Gasteiger partial charge in [0.05, 0.1) is 22.4 Å². The van der Waals surface area contributed by atoms with Gasteiger partial charge in [-0.25, -0.2) is 0 Å². The fraction of sp³-hybridized carbons (Fsp3) is 0.0588. The summed E-state index contributed by atoms with van der Waals surface area (Å²) in [4.78, 5) is 9.46. The summed E-state index contributed by atoms with van der Waals surface area (Å²) in [6, 6.07) is 32.5. The standard InChI is InChI=1S/C34H27N5S2/c35-14-16-40-22-27-10-6-25(20-37-27)23-7-11-29-30-12-8-24(26-9-13-31(38-21-26)34-36-15-17-41-34)19-33(30)39(32(29)18-23)28-4-2-1-3-5-28/h1-21,34,36H,22,35H2/b16-14-. The summed E-state index contributed by atoms with van der Waals surface area (Å²) in [5.74, 6) is 0.795. The first kappa shape index (κ1) is 25.5. The largest absolute Gasteiger partial charge is 0.404 e. The third-order valence-electron chi connectivity index (χ3n) is 7.26. The number of fused-ring (bicyclic) bond motifs is 3. The van der Waals surface area contributed by atoms with Crippen LogP contribution >= 0.6 is 23.5 Å². The zero-order valence-corrected chi connectivity index (χ0v) is 23.8. The second-order valence-electron chi connectivity index (χ2n) is 9.77. The van der Waals surface area contributed by atoms with Gasteiger partial charge < -0.3 is 15.6 Å². The number of para-hydroxylation sites is 1. The number of rotatable bonds is 7. The molecule has 0 fully saturated rings. The Balaban J connectivity index is 1.32. The highest BCUT2D eigenvalue weighted by Gasteiger charge is 2.16. The number of nitrogens with one attached hydrogen (secondary N) is 1. The van der Waals surface area contributed by atoms with Crippen LogP contribution in [0.15, 0.2) is 127 Å². The third kappa shape index (κ3) is 4.99. The maximum Gasteiger partial charge on any atom is 0.119 e. The maximum absolute atomic E-state index is 5.45. The molecule has 0 radical (unpaired) electrons. The van der Waals surface area contributed by atoms with Crippen LogP contribution in [-0.2, 0) is 5.75 Å². The van der Waals surface area contributed by atoms with Crippen molar-refractivity contribution < 1.29 is 0 Å². The van der Waals surface area contributed by atoms with E-state index >= 15 is 0 Å². The molecule has 0 amide bonds. The Morgan fingerprint density at radius 2 is 1.49 bits per heavy atom. The molecule has 0 saturated carbocycles. The van der Waals surface area contributed by atoms with Crippen LogP contribution in [0.5, 0.6) is 0 Å². The van der Waals surface area contributed by atoms with Crippen LogP contribution in [0.3, 0.4) is 0 Å². The monoisotopic (exact) mass is 569 g/mol. The van der Waals surface area contributed by atoms with Crippen molar-refractivity contribution in [2.45, 2.75) is 11.1 Å². The molecular weight excluding hydrogens is 543 g/mol. The summed E-state index contributed by atoms with van der Waals surface area (Å²) in [6.45, 7) is 0. The van der Waals surface area contributed by atoms with Crippen molar-refractivity contribution in [1.29, 1.82) is 0 Å². The second kappa shape index (κ2) is 11.2. The van der Waals surface area contributed by atoms with Gasteiger partial charge >= 0.3 is 0 Å². The van der Waals surface area contributed by atoms with Gasteiger partial charge in [0.25, 0.3) is 0 Å². The fourth-order valence-electron chi connectivity index (χ4n) is 5.27. The maximum atomic E-state index is 5.45. The van der Waals surface area contributed by atoms with Gasteiger partial charge in [0, 0.05) is 58.1 Å². The van der Waals surface area contributed by atoms with Gasteiger partial charge in [0.1, 0.15) is 5.37 Å². The molecule has 6 aromatic rings. The summed E-state index contributed by atoms with van der Waals surface area (Å²) in [5, 5.41) is 9.90. The topological polar surface area (TPSA) is 68.8 Å². The van der Waals surface area contributed by atoms with Gasteiger partial charge in [-0.05, 0) is 58.3 Å². The minimum Gasteiger partial charge on any atom is -0.404 e. The van der Waals surface area contributed by atoms with Gasteiger partial charge in [-0.15, -0.1) is 23.5 Å². The van der Waals surface area contributed by atoms with Crippen molar-refractivity contribution in [3.8, 4) is 27.9 Å². The minimum atomic E-state index is 0.181. The highest BCUT2D eigenvalue weighted by atomic mass is 32.2. The number of pyridine rings is 2. The molecule has 4 heterocycles. The Labute approximate surface area is 247 Å². The van der Waals surface area contributed by atoms with E-state index in [1.807, 2.05) is 24.0 Å². The number of aromatic nitrogens is 3. The van der Waals surface area contributed by atoms with Crippen LogP contribution in [0.25, 0.3) is 49.7 Å². The second-order valence-corrected chi connectivity index (χ2v) is 11.7. The quantitative estimate of drug-likeness (QED) is 0.201. The van der Waals surface area contributed by atoms with Crippen molar-refractivity contribution in [1.82, 2.24) is 19.9 Å². The fourth-order valence-corrected chi connectivity index (χ4v) is 6.57. The van der Waals surface area contributed by atoms with Crippen LogP contribution in [0, 0.1) is 0 Å². The summed E-state index contributed by atoms with van der Waals surface area (Å²) in [7, 11) is 0. The molecule has 7 heteroatoms. The molecule has 1 aliphatic heterocycles. The SMILES string of the molecule is N/C=C\SCc1ccc(-c2ccc3c4ccc(-c5ccc(C6NC=CS6)nc5)cc4n(-c4ccccc4)c3c2)cn1. The summed E-state index contributed by atoms with van der Waals surface area (Å²) >= 11 is 3.37. The van der Waals surface area contributed by atoms with Crippen molar-refractivity contribution >= 4 is 45.3 Å². The molecule has 200 valence electrons. The van der Waals surface area contributed by atoms with Crippen molar-refractivity contribution in [2.24, 2.45) is 5.73 Å². The van der Waals surface area contributed by atoms with E-state index in [9.17, 15) is 0 Å². The summed E-state index contributed by atoms with van der Waals surface area (Å²) in [5.41, 5.74) is 15.5. The van der Waals surface area contributed by atoms with E-state index in [2.05, 4.69) is 111 Å². The molecule has 7 rings (SSSR count).